The molecule has 0 saturated carbocycles. The molecule has 2 aromatic rings. The first-order chi connectivity index (χ1) is 9.11. The van der Waals surface area contributed by atoms with Crippen LogP contribution in [0.25, 0.3) is 0 Å². The first kappa shape index (κ1) is 14.7. The minimum atomic E-state index is -0.145. The Labute approximate surface area is 130 Å². The number of aryl methyl sites for hydroxylation is 1. The van der Waals surface area contributed by atoms with Crippen molar-refractivity contribution in [2.75, 3.05) is 5.33 Å². The van der Waals surface area contributed by atoms with Gasteiger partial charge in [0.25, 0.3) is 0 Å². The molecule has 0 N–H and O–H groups in total. The molecule has 0 bridgehead atoms. The third-order valence-corrected chi connectivity index (χ3v) is 4.57. The number of rotatable bonds is 4. The van der Waals surface area contributed by atoms with Crippen molar-refractivity contribution in [3.63, 3.8) is 0 Å². The van der Waals surface area contributed by atoms with Gasteiger partial charge in [0.05, 0.1) is 0 Å². The van der Waals surface area contributed by atoms with Crippen LogP contribution in [0.15, 0.2) is 46.9 Å². The molecule has 2 aromatic carbocycles. The van der Waals surface area contributed by atoms with Gasteiger partial charge in [-0.3, -0.25) is 0 Å². The van der Waals surface area contributed by atoms with E-state index in [1.807, 2.05) is 24.3 Å². The van der Waals surface area contributed by atoms with Crippen LogP contribution in [0.2, 0.25) is 0 Å². The van der Waals surface area contributed by atoms with Crippen LogP contribution in [0, 0.1) is 12.7 Å². The van der Waals surface area contributed by atoms with Gasteiger partial charge in [-0.15, -0.1) is 0 Å². The monoisotopic (exact) mass is 384 g/mol. The van der Waals surface area contributed by atoms with E-state index >= 15 is 0 Å². The summed E-state index contributed by atoms with van der Waals surface area (Å²) in [5.41, 5.74) is 3.29. The van der Waals surface area contributed by atoms with Gasteiger partial charge in [0.1, 0.15) is 5.82 Å². The van der Waals surface area contributed by atoms with Crippen molar-refractivity contribution in [3.05, 3.63) is 69.4 Å². The maximum atomic E-state index is 13.9. The van der Waals surface area contributed by atoms with E-state index in [0.717, 1.165) is 15.4 Å². The first-order valence-corrected chi connectivity index (χ1v) is 8.08. The molecule has 0 heterocycles. The summed E-state index contributed by atoms with van der Waals surface area (Å²) in [5, 5.41) is 0.827. The highest BCUT2D eigenvalue weighted by Crippen LogP contribution is 2.27. The largest absolute Gasteiger partial charge is 0.207 e. The topological polar surface area (TPSA) is 0 Å². The van der Waals surface area contributed by atoms with E-state index in [9.17, 15) is 4.39 Å². The minimum absolute atomic E-state index is 0.145. The highest BCUT2D eigenvalue weighted by molar-refractivity contribution is 9.10. The number of hydrogen-bond donors (Lipinski definition) is 0. The van der Waals surface area contributed by atoms with Crippen molar-refractivity contribution in [1.29, 1.82) is 0 Å². The fourth-order valence-corrected chi connectivity index (χ4v) is 3.16. The Morgan fingerprint density at radius 3 is 2.53 bits per heavy atom. The van der Waals surface area contributed by atoms with Crippen LogP contribution in [-0.4, -0.2) is 5.33 Å². The average molecular weight is 386 g/mol. The Hall–Kier alpha value is -0.670. The van der Waals surface area contributed by atoms with Crippen LogP contribution in [0.1, 0.15) is 22.6 Å². The van der Waals surface area contributed by atoms with Crippen LogP contribution >= 0.6 is 31.9 Å². The third-order valence-electron chi connectivity index (χ3n) is 3.30. The average Bonchev–Trinajstić information content (AvgIpc) is 2.39. The molecule has 0 aliphatic carbocycles. The van der Waals surface area contributed by atoms with Crippen LogP contribution in [-0.2, 0) is 6.42 Å². The van der Waals surface area contributed by atoms with Crippen molar-refractivity contribution >= 4 is 31.9 Å². The second-order valence-corrected chi connectivity index (χ2v) is 6.21. The van der Waals surface area contributed by atoms with Crippen LogP contribution in [0.4, 0.5) is 4.39 Å². The van der Waals surface area contributed by atoms with E-state index in [4.69, 9.17) is 0 Å². The highest BCUT2D eigenvalue weighted by atomic mass is 79.9. The molecule has 0 aliphatic rings. The van der Waals surface area contributed by atoms with Gasteiger partial charge in [0.2, 0.25) is 0 Å². The summed E-state index contributed by atoms with van der Waals surface area (Å²) in [5.74, 6) is 0.144. The van der Waals surface area contributed by atoms with Crippen LogP contribution in [0.5, 0.6) is 0 Å². The summed E-state index contributed by atoms with van der Waals surface area (Å²) >= 11 is 6.84. The molecule has 0 aliphatic heterocycles. The molecule has 0 nitrogen and oxygen atoms in total. The molecule has 1 atom stereocenters. The van der Waals surface area contributed by atoms with Gasteiger partial charge in [-0.1, -0.05) is 62.2 Å². The summed E-state index contributed by atoms with van der Waals surface area (Å²) in [7, 11) is 0. The summed E-state index contributed by atoms with van der Waals surface area (Å²) in [6, 6.07) is 13.6. The fraction of sp³-hybridized carbons (Fsp3) is 0.250. The SMILES string of the molecule is Cc1ccccc1C(CBr)Cc1ccc(Br)cc1F. The van der Waals surface area contributed by atoms with E-state index in [0.29, 0.717) is 6.42 Å². The summed E-state index contributed by atoms with van der Waals surface area (Å²) in [4.78, 5) is 0. The number of hydrogen-bond acceptors (Lipinski definition) is 0. The summed E-state index contributed by atoms with van der Waals surface area (Å²) < 4.78 is 14.7. The molecule has 19 heavy (non-hydrogen) atoms. The van der Waals surface area contributed by atoms with Crippen LogP contribution in [0.3, 0.4) is 0 Å². The number of benzene rings is 2. The van der Waals surface area contributed by atoms with E-state index in [1.165, 1.54) is 17.2 Å². The Kier molecular flexibility index (Phi) is 5.17. The lowest BCUT2D eigenvalue weighted by Gasteiger charge is -2.17. The molecule has 0 aromatic heterocycles. The van der Waals surface area contributed by atoms with Crippen molar-refractivity contribution in [2.45, 2.75) is 19.3 Å². The molecule has 0 saturated heterocycles. The van der Waals surface area contributed by atoms with Crippen molar-refractivity contribution < 1.29 is 4.39 Å². The second-order valence-electron chi connectivity index (χ2n) is 4.65. The molecule has 100 valence electrons. The zero-order valence-electron chi connectivity index (χ0n) is 10.7. The van der Waals surface area contributed by atoms with E-state index in [1.54, 1.807) is 0 Å². The molecule has 0 spiro atoms. The lowest BCUT2D eigenvalue weighted by molar-refractivity contribution is 0.598. The van der Waals surface area contributed by atoms with Gasteiger partial charge in [-0.05, 0) is 48.1 Å². The van der Waals surface area contributed by atoms with Gasteiger partial charge in [-0.2, -0.15) is 0 Å². The van der Waals surface area contributed by atoms with Gasteiger partial charge < -0.3 is 0 Å². The third kappa shape index (κ3) is 3.67. The maximum Gasteiger partial charge on any atom is 0.127 e. The van der Waals surface area contributed by atoms with Crippen molar-refractivity contribution in [2.24, 2.45) is 0 Å². The molecule has 0 radical (unpaired) electrons. The zero-order valence-corrected chi connectivity index (χ0v) is 13.8. The molecule has 1 unspecified atom stereocenters. The Morgan fingerprint density at radius 1 is 1.16 bits per heavy atom. The maximum absolute atomic E-state index is 13.9. The Bertz CT molecular complexity index is 566. The summed E-state index contributed by atoms with van der Waals surface area (Å²) in [6.07, 6.45) is 0.704. The van der Waals surface area contributed by atoms with Crippen molar-refractivity contribution in [3.8, 4) is 0 Å². The lowest BCUT2D eigenvalue weighted by atomic mass is 9.90. The van der Waals surface area contributed by atoms with Gasteiger partial charge in [-0.25, -0.2) is 4.39 Å². The van der Waals surface area contributed by atoms with Gasteiger partial charge >= 0.3 is 0 Å². The molecule has 0 amide bonds. The van der Waals surface area contributed by atoms with Gasteiger partial charge in [0.15, 0.2) is 0 Å². The minimum Gasteiger partial charge on any atom is -0.207 e. The normalized spacial score (nSPS) is 12.4. The zero-order chi connectivity index (χ0) is 13.8. The Balaban J connectivity index is 2.27. The smallest absolute Gasteiger partial charge is 0.127 e. The van der Waals surface area contributed by atoms with E-state index < -0.39 is 0 Å². The second kappa shape index (κ2) is 6.67. The standard InChI is InChI=1S/C16H15Br2F/c1-11-4-2-3-5-15(11)13(10-17)8-12-6-7-14(18)9-16(12)19/h2-7,9,13H,8,10H2,1H3. The quantitative estimate of drug-likeness (QED) is 0.599. The lowest BCUT2D eigenvalue weighted by Crippen LogP contribution is -2.07. The molecule has 2 rings (SSSR count). The molecular weight excluding hydrogens is 371 g/mol. The number of halogens is 3. The first-order valence-electron chi connectivity index (χ1n) is 6.17. The molecule has 3 heteroatoms. The van der Waals surface area contributed by atoms with E-state index in [-0.39, 0.29) is 11.7 Å². The molecular formula is C16H15Br2F. The fourth-order valence-electron chi connectivity index (χ4n) is 2.25. The highest BCUT2D eigenvalue weighted by Gasteiger charge is 2.15. The molecule has 0 fully saturated rings. The summed E-state index contributed by atoms with van der Waals surface area (Å²) in [6.45, 7) is 2.10. The van der Waals surface area contributed by atoms with E-state index in [2.05, 4.69) is 50.9 Å². The number of alkyl halides is 1. The van der Waals surface area contributed by atoms with Crippen molar-refractivity contribution in [1.82, 2.24) is 0 Å². The van der Waals surface area contributed by atoms with Crippen LogP contribution < -0.4 is 0 Å². The van der Waals surface area contributed by atoms with Gasteiger partial charge in [0, 0.05) is 9.80 Å². The predicted octanol–water partition coefficient (Wildman–Crippen LogP) is 5.62. The predicted molar refractivity (Wildman–Crippen MR) is 85.5 cm³/mol. The Morgan fingerprint density at radius 2 is 1.89 bits per heavy atom.